The molecule has 2 aliphatic rings. The Kier molecular flexibility index (Phi) is 12.8. The van der Waals surface area contributed by atoms with Gasteiger partial charge >= 0.3 is 11.9 Å². The fraction of sp³-hybridized carbons (Fsp3) is 0.375. The lowest BCUT2D eigenvalue weighted by molar-refractivity contribution is -0.143. The summed E-state index contributed by atoms with van der Waals surface area (Å²) in [5.74, 6) is -1.81. The number of hydrogen-bond donors (Lipinski definition) is 2. The normalized spacial score (nSPS) is 14.9. The molecular formula is C32H42N4O6. The minimum atomic E-state index is -1.08. The molecule has 10 heteroatoms. The van der Waals surface area contributed by atoms with Gasteiger partial charge in [-0.3, -0.25) is 19.2 Å². The lowest BCUT2D eigenvalue weighted by atomic mass is 10.0. The van der Waals surface area contributed by atoms with Crippen molar-refractivity contribution in [2.45, 2.75) is 52.6 Å². The Labute approximate surface area is 248 Å². The molecule has 0 radical (unpaired) electrons. The Morgan fingerprint density at radius 3 is 1.17 bits per heavy atom. The van der Waals surface area contributed by atoms with Crippen LogP contribution in [-0.4, -0.2) is 92.8 Å². The van der Waals surface area contributed by atoms with E-state index >= 15 is 0 Å². The fourth-order valence-corrected chi connectivity index (χ4v) is 4.04. The molecule has 0 saturated heterocycles. The van der Waals surface area contributed by atoms with E-state index in [1.807, 2.05) is 125 Å². The number of carbonyl (C=O) groups excluding carboxylic acids is 2. The number of benzene rings is 2. The van der Waals surface area contributed by atoms with Crippen molar-refractivity contribution in [2.75, 3.05) is 27.4 Å². The Balaban J connectivity index is 0.000000236. The third-order valence-electron chi connectivity index (χ3n) is 6.78. The van der Waals surface area contributed by atoms with Crippen LogP contribution in [0.4, 0.5) is 0 Å². The van der Waals surface area contributed by atoms with E-state index in [9.17, 15) is 19.2 Å². The summed E-state index contributed by atoms with van der Waals surface area (Å²) in [5, 5.41) is 15.8. The molecule has 0 fully saturated rings. The van der Waals surface area contributed by atoms with Crippen LogP contribution in [0.5, 0.6) is 0 Å². The summed E-state index contributed by atoms with van der Waals surface area (Å²) in [7, 11) is 4.00. The molecule has 42 heavy (non-hydrogen) atoms. The molecule has 4 rings (SSSR count). The number of rotatable bonds is 9. The summed E-state index contributed by atoms with van der Waals surface area (Å²) >= 11 is 0. The number of ketones is 2. The summed E-state index contributed by atoms with van der Waals surface area (Å²) in [6.45, 7) is 9.50. The number of hydrogen-bond acceptors (Lipinski definition) is 8. The van der Waals surface area contributed by atoms with Crippen LogP contribution in [0.2, 0.25) is 0 Å². The zero-order chi connectivity index (χ0) is 31.4. The quantitative estimate of drug-likeness (QED) is 0.414. The van der Waals surface area contributed by atoms with Crippen molar-refractivity contribution < 1.29 is 29.4 Å². The van der Waals surface area contributed by atoms with Gasteiger partial charge < -0.3 is 29.8 Å². The zero-order valence-corrected chi connectivity index (χ0v) is 25.2. The average molecular weight is 579 g/mol. The Morgan fingerprint density at radius 2 is 0.929 bits per heavy atom. The molecule has 226 valence electrons. The topological polar surface area (TPSA) is 122 Å². The van der Waals surface area contributed by atoms with Gasteiger partial charge in [0.05, 0.1) is 38.3 Å². The molecule has 0 aromatic heterocycles. The maximum absolute atomic E-state index is 12.3. The molecule has 2 atom stereocenters. The van der Waals surface area contributed by atoms with Crippen LogP contribution in [-0.2, 0) is 9.59 Å². The monoisotopic (exact) mass is 578 g/mol. The standard InChI is InChI=1S/2C14H18N2O.C4H6O4/c2*1-11-4-6-13(7-5-11)14(17)12(2)16-9-8-15(3)10-16;5-3(6)1-2-4(7)8/h2*4-9,12H,10H2,1-3H3;1-2H2,(H,5,6)(H,7,8). The lowest BCUT2D eigenvalue weighted by Gasteiger charge is -2.24. The maximum Gasteiger partial charge on any atom is 0.303 e. The van der Waals surface area contributed by atoms with E-state index in [4.69, 9.17) is 10.2 Å². The van der Waals surface area contributed by atoms with E-state index in [0.29, 0.717) is 0 Å². The van der Waals surface area contributed by atoms with Crippen LogP contribution in [0.15, 0.2) is 73.3 Å². The summed E-state index contributed by atoms with van der Waals surface area (Å²) in [6, 6.07) is 15.3. The second-order valence-corrected chi connectivity index (χ2v) is 10.5. The number of aliphatic carboxylic acids is 2. The van der Waals surface area contributed by atoms with Crippen molar-refractivity contribution >= 4 is 23.5 Å². The first-order valence-electron chi connectivity index (χ1n) is 13.7. The van der Waals surface area contributed by atoms with E-state index in [0.717, 1.165) is 24.5 Å². The predicted molar refractivity (Wildman–Crippen MR) is 162 cm³/mol. The second-order valence-electron chi connectivity index (χ2n) is 10.5. The van der Waals surface area contributed by atoms with Crippen LogP contribution in [0.3, 0.4) is 0 Å². The molecule has 2 aromatic rings. The first-order chi connectivity index (χ1) is 19.8. The summed E-state index contributed by atoms with van der Waals surface area (Å²) in [6.07, 6.45) is 7.32. The number of carboxylic acids is 2. The smallest absolute Gasteiger partial charge is 0.303 e. The zero-order valence-electron chi connectivity index (χ0n) is 25.2. The predicted octanol–water partition coefficient (Wildman–Crippen LogP) is 4.42. The molecule has 2 heterocycles. The van der Waals surface area contributed by atoms with Crippen LogP contribution >= 0.6 is 0 Å². The fourth-order valence-electron chi connectivity index (χ4n) is 4.04. The van der Waals surface area contributed by atoms with E-state index in [-0.39, 0.29) is 36.5 Å². The van der Waals surface area contributed by atoms with Crippen molar-refractivity contribution in [2.24, 2.45) is 0 Å². The highest BCUT2D eigenvalue weighted by atomic mass is 16.4. The molecule has 0 bridgehead atoms. The Bertz CT molecular complexity index is 1170. The van der Waals surface area contributed by atoms with Gasteiger partial charge in [-0.15, -0.1) is 0 Å². The van der Waals surface area contributed by atoms with Gasteiger partial charge in [-0.05, 0) is 27.7 Å². The van der Waals surface area contributed by atoms with E-state index < -0.39 is 11.9 Å². The van der Waals surface area contributed by atoms with Crippen LogP contribution in [0.1, 0.15) is 58.5 Å². The van der Waals surface area contributed by atoms with Gasteiger partial charge in [0.2, 0.25) is 0 Å². The van der Waals surface area contributed by atoms with Crippen LogP contribution in [0, 0.1) is 13.8 Å². The molecule has 0 amide bonds. The van der Waals surface area contributed by atoms with Crippen molar-refractivity contribution in [1.29, 1.82) is 0 Å². The second kappa shape index (κ2) is 16.0. The van der Waals surface area contributed by atoms with Gasteiger partial charge in [-0.1, -0.05) is 59.7 Å². The molecule has 2 aromatic carbocycles. The van der Waals surface area contributed by atoms with Gasteiger partial charge in [0.25, 0.3) is 0 Å². The highest BCUT2D eigenvalue weighted by molar-refractivity contribution is 6.00. The highest BCUT2D eigenvalue weighted by Crippen LogP contribution is 2.15. The SMILES string of the molecule is Cc1ccc(C(=O)C(C)N2C=CN(C)C2)cc1.Cc1ccc(C(=O)C(C)N2C=CN(C)C2)cc1.O=C(O)CCC(=O)O. The number of Topliss-reactive ketones (excluding diaryl/α,β-unsaturated/α-hetero) is 2. The molecule has 0 saturated carbocycles. The summed E-state index contributed by atoms with van der Waals surface area (Å²) in [4.78, 5) is 52.0. The molecule has 10 nitrogen and oxygen atoms in total. The molecule has 0 aliphatic carbocycles. The highest BCUT2D eigenvalue weighted by Gasteiger charge is 2.24. The minimum absolute atomic E-state index is 0.112. The lowest BCUT2D eigenvalue weighted by Crippen LogP contribution is -2.36. The van der Waals surface area contributed by atoms with Gasteiger partial charge in [-0.2, -0.15) is 0 Å². The molecule has 2 aliphatic heterocycles. The average Bonchev–Trinajstić information content (AvgIpc) is 3.60. The van der Waals surface area contributed by atoms with E-state index in [1.54, 1.807) is 0 Å². The van der Waals surface area contributed by atoms with Gasteiger partial charge in [0.1, 0.15) is 0 Å². The van der Waals surface area contributed by atoms with Crippen LogP contribution in [0.25, 0.3) is 0 Å². The number of nitrogens with zero attached hydrogens (tertiary/aromatic N) is 4. The number of carbonyl (C=O) groups is 4. The first-order valence-corrected chi connectivity index (χ1v) is 13.7. The maximum atomic E-state index is 12.3. The molecule has 0 spiro atoms. The summed E-state index contributed by atoms with van der Waals surface area (Å²) < 4.78 is 0. The largest absolute Gasteiger partial charge is 0.481 e. The van der Waals surface area contributed by atoms with E-state index in [1.165, 1.54) is 11.1 Å². The molecule has 2 unspecified atom stereocenters. The Morgan fingerprint density at radius 1 is 0.619 bits per heavy atom. The number of aryl methyl sites for hydroxylation is 2. The van der Waals surface area contributed by atoms with Crippen molar-refractivity contribution in [1.82, 2.24) is 19.6 Å². The van der Waals surface area contributed by atoms with Gasteiger partial charge in [0.15, 0.2) is 11.6 Å². The Hall–Kier alpha value is -4.60. The third kappa shape index (κ3) is 10.8. The minimum Gasteiger partial charge on any atom is -0.481 e. The first kappa shape index (κ1) is 33.6. The molecular weight excluding hydrogens is 536 g/mol. The number of carboxylic acid groups (broad SMARTS) is 2. The van der Waals surface area contributed by atoms with Gasteiger partial charge in [0, 0.05) is 50.0 Å². The summed E-state index contributed by atoms with van der Waals surface area (Å²) in [5.41, 5.74) is 3.92. The van der Waals surface area contributed by atoms with Gasteiger partial charge in [-0.25, -0.2) is 0 Å². The van der Waals surface area contributed by atoms with Crippen molar-refractivity contribution in [3.8, 4) is 0 Å². The third-order valence-corrected chi connectivity index (χ3v) is 6.78. The van der Waals surface area contributed by atoms with Crippen LogP contribution < -0.4 is 0 Å². The van der Waals surface area contributed by atoms with E-state index in [2.05, 4.69) is 9.80 Å². The molecule has 2 N–H and O–H groups in total. The van der Waals surface area contributed by atoms with Crippen molar-refractivity contribution in [3.05, 3.63) is 95.6 Å². The van der Waals surface area contributed by atoms with Crippen molar-refractivity contribution in [3.63, 3.8) is 0 Å².